The molecule has 3 aliphatic rings. The number of fused-ring (bicyclic) bond motifs is 8. The number of benzene rings is 2. The van der Waals surface area contributed by atoms with Gasteiger partial charge >= 0.3 is 5.97 Å². The molecule has 6 bridgehead atoms. The van der Waals surface area contributed by atoms with E-state index >= 15 is 0 Å². The number of aldehydes is 1. The fraction of sp³-hybridized carbons (Fsp3) is 0.462. The van der Waals surface area contributed by atoms with Crippen LogP contribution in [0.5, 0.6) is 5.75 Å². The van der Waals surface area contributed by atoms with E-state index in [2.05, 4.69) is 11.8 Å². The number of hydrogen-bond donors (Lipinski definition) is 0. The lowest BCUT2D eigenvalue weighted by atomic mass is 9.92. The molecule has 0 amide bonds. The van der Waals surface area contributed by atoms with Crippen LogP contribution >= 0.6 is 0 Å². The fourth-order valence-electron chi connectivity index (χ4n) is 6.82. The summed E-state index contributed by atoms with van der Waals surface area (Å²) in [6, 6.07) is 9.41. The van der Waals surface area contributed by atoms with Crippen molar-refractivity contribution in [3.8, 4) is 28.1 Å². The monoisotopic (exact) mass is 705 g/mol. The number of piperidine rings is 1. The summed E-state index contributed by atoms with van der Waals surface area (Å²) in [4.78, 5) is 33.5. The van der Waals surface area contributed by atoms with Gasteiger partial charge < -0.3 is 28.6 Å². The van der Waals surface area contributed by atoms with Gasteiger partial charge in [0.15, 0.2) is 24.0 Å². The Morgan fingerprint density at radius 1 is 1.10 bits per heavy atom. The van der Waals surface area contributed by atoms with Crippen LogP contribution in [0.25, 0.3) is 28.0 Å². The fourth-order valence-corrected chi connectivity index (χ4v) is 6.82. The number of imidazole rings is 1. The smallest absolute Gasteiger partial charge is 0.339 e. The second-order valence-electron chi connectivity index (χ2n) is 14.5. The molecule has 1 saturated heterocycles. The molecule has 0 radical (unpaired) electrons. The van der Waals surface area contributed by atoms with Crippen LogP contribution in [0.15, 0.2) is 42.6 Å². The summed E-state index contributed by atoms with van der Waals surface area (Å²) in [7, 11) is 1.31. The molecular formula is C39H45F2N3O7. The van der Waals surface area contributed by atoms with E-state index < -0.39 is 41.0 Å². The number of pyridine rings is 1. The average Bonchev–Trinajstić information content (AvgIpc) is 3.52. The van der Waals surface area contributed by atoms with Gasteiger partial charge in [-0.25, -0.2) is 18.6 Å². The lowest BCUT2D eigenvalue weighted by molar-refractivity contribution is -0.164. The minimum atomic E-state index is -1.15. The Morgan fingerprint density at radius 2 is 1.80 bits per heavy atom. The van der Waals surface area contributed by atoms with Crippen LogP contribution in [0.2, 0.25) is 0 Å². The van der Waals surface area contributed by atoms with E-state index in [0.29, 0.717) is 89.7 Å². The Kier molecular flexibility index (Phi) is 10.2. The third-order valence-corrected chi connectivity index (χ3v) is 9.46. The number of carbonyl (C=O) groups excluding carboxylic acids is 2. The zero-order chi connectivity index (χ0) is 36.7. The first-order valence-electron chi connectivity index (χ1n) is 17.2. The number of esters is 1. The van der Waals surface area contributed by atoms with Crippen LogP contribution in [0, 0.1) is 18.6 Å². The summed E-state index contributed by atoms with van der Waals surface area (Å²) in [6.07, 6.45) is 2.31. The number of methoxy groups -OCH3 is 1. The van der Waals surface area contributed by atoms with Crippen molar-refractivity contribution in [3.05, 3.63) is 70.9 Å². The van der Waals surface area contributed by atoms with Crippen LogP contribution in [0.4, 0.5) is 14.6 Å². The lowest BCUT2D eigenvalue weighted by Crippen LogP contribution is -2.46. The zero-order valence-corrected chi connectivity index (χ0v) is 30.2. The van der Waals surface area contributed by atoms with Crippen molar-refractivity contribution in [1.29, 1.82) is 0 Å². The number of nitrogens with zero attached hydrogens (tertiary/aromatic N) is 3. The minimum Gasteiger partial charge on any atom is -0.488 e. The van der Waals surface area contributed by atoms with Crippen LogP contribution in [-0.2, 0) is 23.7 Å². The molecule has 2 atom stereocenters. The maximum absolute atomic E-state index is 14.7. The highest BCUT2D eigenvalue weighted by atomic mass is 19.2. The highest BCUT2D eigenvalue weighted by molar-refractivity contribution is 5.92. The van der Waals surface area contributed by atoms with Gasteiger partial charge in [-0.15, -0.1) is 0 Å². The number of carbonyl (C=O) groups is 2. The Hall–Kier alpha value is -4.39. The molecule has 7 rings (SSSR count). The molecule has 3 aliphatic heterocycles. The molecule has 2 aromatic heterocycles. The van der Waals surface area contributed by atoms with Crippen molar-refractivity contribution in [2.45, 2.75) is 77.8 Å². The number of aromatic nitrogens is 2. The highest BCUT2D eigenvalue weighted by Gasteiger charge is 2.38. The first-order valence-corrected chi connectivity index (χ1v) is 17.2. The van der Waals surface area contributed by atoms with E-state index in [0.717, 1.165) is 18.4 Å². The van der Waals surface area contributed by atoms with E-state index in [9.17, 15) is 18.4 Å². The van der Waals surface area contributed by atoms with Crippen molar-refractivity contribution < 1.29 is 42.1 Å². The van der Waals surface area contributed by atoms with Crippen LogP contribution in [0.1, 0.15) is 75.0 Å². The Bertz CT molecular complexity index is 1950. The second kappa shape index (κ2) is 14.3. The van der Waals surface area contributed by atoms with Gasteiger partial charge in [0.25, 0.3) is 0 Å². The van der Waals surface area contributed by atoms with Gasteiger partial charge in [0.1, 0.15) is 23.3 Å². The Morgan fingerprint density at radius 3 is 2.49 bits per heavy atom. The predicted molar refractivity (Wildman–Crippen MR) is 188 cm³/mol. The largest absolute Gasteiger partial charge is 0.488 e. The van der Waals surface area contributed by atoms with Gasteiger partial charge in [0.2, 0.25) is 0 Å². The van der Waals surface area contributed by atoms with E-state index in [4.69, 9.17) is 28.7 Å². The van der Waals surface area contributed by atoms with E-state index in [1.165, 1.54) is 7.11 Å². The topological polar surface area (TPSA) is 101 Å². The van der Waals surface area contributed by atoms with Crippen molar-refractivity contribution in [2.24, 2.45) is 0 Å². The molecule has 272 valence electrons. The van der Waals surface area contributed by atoms with Crippen molar-refractivity contribution in [2.75, 3.05) is 44.9 Å². The van der Waals surface area contributed by atoms with Crippen LogP contribution in [-0.4, -0.2) is 79.0 Å². The maximum Gasteiger partial charge on any atom is 0.339 e. The Labute approximate surface area is 296 Å². The first-order chi connectivity index (χ1) is 24.2. The summed E-state index contributed by atoms with van der Waals surface area (Å²) in [6.45, 7) is 13.3. The number of hydrogen-bond acceptors (Lipinski definition) is 9. The molecule has 51 heavy (non-hydrogen) atoms. The summed E-state index contributed by atoms with van der Waals surface area (Å²) in [5.41, 5.74) is 2.71. The number of anilines is 1. The van der Waals surface area contributed by atoms with Gasteiger partial charge in [-0.2, -0.15) is 0 Å². The first kappa shape index (κ1) is 36.4. The quantitative estimate of drug-likeness (QED) is 0.123. The van der Waals surface area contributed by atoms with Gasteiger partial charge in [-0.05, 0) is 77.6 Å². The van der Waals surface area contributed by atoms with E-state index in [-0.39, 0.29) is 12.4 Å². The molecule has 5 heterocycles. The second-order valence-corrected chi connectivity index (χ2v) is 14.5. The number of rotatable bonds is 4. The summed E-state index contributed by atoms with van der Waals surface area (Å²) < 4.78 is 61.1. The minimum absolute atomic E-state index is 0.166. The van der Waals surface area contributed by atoms with Gasteiger partial charge in [0, 0.05) is 42.0 Å². The lowest BCUT2D eigenvalue weighted by Gasteiger charge is -2.42. The molecule has 1 fully saturated rings. The van der Waals surface area contributed by atoms with E-state index in [1.807, 2.05) is 43.5 Å². The molecule has 2 aromatic carbocycles. The van der Waals surface area contributed by atoms with Crippen LogP contribution in [0.3, 0.4) is 0 Å². The van der Waals surface area contributed by atoms with Gasteiger partial charge in [-0.1, -0.05) is 18.2 Å². The molecule has 12 heteroatoms. The van der Waals surface area contributed by atoms with Crippen molar-refractivity contribution >= 4 is 23.7 Å². The highest BCUT2D eigenvalue weighted by Crippen LogP contribution is 2.42. The van der Waals surface area contributed by atoms with Crippen molar-refractivity contribution in [1.82, 2.24) is 9.38 Å². The molecule has 0 saturated carbocycles. The van der Waals surface area contributed by atoms with Crippen molar-refractivity contribution in [3.63, 3.8) is 0 Å². The molecule has 0 spiro atoms. The number of ether oxygens (including phenoxy) is 5. The molecule has 10 nitrogen and oxygen atoms in total. The summed E-state index contributed by atoms with van der Waals surface area (Å²) in [5.74, 6) is -1.81. The third-order valence-electron chi connectivity index (χ3n) is 9.46. The van der Waals surface area contributed by atoms with Gasteiger partial charge in [0.05, 0.1) is 49.4 Å². The maximum atomic E-state index is 14.7. The molecule has 0 N–H and O–H groups in total. The van der Waals surface area contributed by atoms with E-state index in [1.54, 1.807) is 26.0 Å². The summed E-state index contributed by atoms with van der Waals surface area (Å²) in [5, 5.41) is 0. The number of halogens is 2. The molecule has 4 aromatic rings. The standard InChI is InChI=1S/C39H45F2N3O7/c1-23-22-48-15-16-49-39(6)11-13-43(14-12-39)36-33(34(37(46)47-7)51-38(3,4)5)24(2)28(21-45)35-42-31(20-44(35)36)26-10-8-9-25(17-26)27-18-29(40)30(41)19-32(27)50-23/h8-10,17-21,23,34H,11-16,22H2,1-7H3/t23-,34-/m0/s1. The van der Waals surface area contributed by atoms with Gasteiger partial charge in [-0.3, -0.25) is 9.20 Å². The predicted octanol–water partition coefficient (Wildman–Crippen LogP) is 7.27. The molecule has 0 aliphatic carbocycles. The zero-order valence-electron chi connectivity index (χ0n) is 30.2. The average molecular weight is 706 g/mol. The normalized spacial score (nSPS) is 20.5. The van der Waals surface area contributed by atoms with Crippen LogP contribution < -0.4 is 9.64 Å². The third kappa shape index (κ3) is 7.49. The summed E-state index contributed by atoms with van der Waals surface area (Å²) >= 11 is 0. The Balaban J connectivity index is 1.60. The SMILES string of the molecule is COC(=O)[C@@H](OC(C)(C)C)c1c(C)c(C=O)c2nc3cn2c1N1CCC(C)(CC1)OCCOC[C@H](C)Oc1cc(F)c(F)cc1-c1cccc-3c1. The molecule has 0 unspecified atom stereocenters. The molecular weight excluding hydrogens is 660 g/mol.